The molecule has 1 aliphatic heterocycles. The number of aliphatic hydroxyl groups is 1. The molecule has 0 aliphatic carbocycles. The van der Waals surface area contributed by atoms with Crippen molar-refractivity contribution in [2.24, 2.45) is 0 Å². The van der Waals surface area contributed by atoms with E-state index in [1.807, 2.05) is 7.05 Å². The molecule has 2 rings (SSSR count). The van der Waals surface area contributed by atoms with Crippen LogP contribution in [0.1, 0.15) is 18.2 Å². The van der Waals surface area contributed by atoms with E-state index in [1.165, 1.54) is 20.4 Å². The van der Waals surface area contributed by atoms with Gasteiger partial charge >= 0.3 is 0 Å². The lowest BCUT2D eigenvalue weighted by Gasteiger charge is -2.31. The van der Waals surface area contributed by atoms with Crippen molar-refractivity contribution in [1.29, 1.82) is 0 Å². The Morgan fingerprint density at radius 3 is 2.71 bits per heavy atom. The molecule has 21 heavy (non-hydrogen) atoms. The minimum atomic E-state index is -0.760. The zero-order valence-corrected chi connectivity index (χ0v) is 13.1. The van der Waals surface area contributed by atoms with E-state index in [0.717, 1.165) is 26.1 Å². The quantitative estimate of drug-likeness (QED) is 0.849. The first-order valence-electron chi connectivity index (χ1n) is 7.08. The summed E-state index contributed by atoms with van der Waals surface area (Å²) < 4.78 is 10.3. The zero-order valence-electron chi connectivity index (χ0n) is 13.1. The van der Waals surface area contributed by atoms with Gasteiger partial charge in [-0.3, -0.25) is 4.90 Å². The Bertz CT molecular complexity index is 472. The first kappa shape index (κ1) is 15.9. The summed E-state index contributed by atoms with van der Waals surface area (Å²) in [6, 6.07) is -0.0471. The molecule has 1 aromatic heterocycles. The van der Waals surface area contributed by atoms with Crippen molar-refractivity contribution in [3.63, 3.8) is 0 Å². The Labute approximate surface area is 125 Å². The van der Waals surface area contributed by atoms with Crippen LogP contribution in [0.2, 0.25) is 0 Å². The molecule has 7 nitrogen and oxygen atoms in total. The van der Waals surface area contributed by atoms with Gasteiger partial charge in [0.25, 0.3) is 0 Å². The second-order valence-electron chi connectivity index (χ2n) is 5.42. The minimum Gasteiger partial charge on any atom is -0.480 e. The molecule has 0 saturated carbocycles. The zero-order chi connectivity index (χ0) is 15.4. The Morgan fingerprint density at radius 1 is 1.29 bits per heavy atom. The lowest BCUT2D eigenvalue weighted by atomic mass is 10.1. The van der Waals surface area contributed by atoms with Gasteiger partial charge in [0.05, 0.1) is 26.5 Å². The van der Waals surface area contributed by atoms with E-state index < -0.39 is 6.10 Å². The predicted molar refractivity (Wildman–Crippen MR) is 78.6 cm³/mol. The minimum absolute atomic E-state index is 0.0471. The third-order valence-electron chi connectivity index (χ3n) is 3.91. The number of hydrogen-bond acceptors (Lipinski definition) is 7. The van der Waals surface area contributed by atoms with E-state index in [-0.39, 0.29) is 6.04 Å². The molecular formula is C14H24N4O3. The third-order valence-corrected chi connectivity index (χ3v) is 3.91. The van der Waals surface area contributed by atoms with Crippen LogP contribution < -0.4 is 9.47 Å². The molecular weight excluding hydrogens is 272 g/mol. The molecule has 0 spiro atoms. The third kappa shape index (κ3) is 3.61. The maximum absolute atomic E-state index is 10.7. The van der Waals surface area contributed by atoms with Crippen molar-refractivity contribution in [2.45, 2.75) is 18.6 Å². The number of hydrogen-bond donors (Lipinski definition) is 1. The van der Waals surface area contributed by atoms with Crippen molar-refractivity contribution >= 4 is 0 Å². The van der Waals surface area contributed by atoms with Crippen LogP contribution in [0.3, 0.4) is 0 Å². The summed E-state index contributed by atoms with van der Waals surface area (Å²) in [4.78, 5) is 12.9. The van der Waals surface area contributed by atoms with Gasteiger partial charge in [-0.2, -0.15) is 4.98 Å². The van der Waals surface area contributed by atoms with Crippen LogP contribution in [-0.4, -0.2) is 78.9 Å². The molecule has 1 saturated heterocycles. The maximum atomic E-state index is 10.7. The molecule has 7 heteroatoms. The molecule has 2 atom stereocenters. The highest BCUT2D eigenvalue weighted by Gasteiger charge is 2.31. The largest absolute Gasteiger partial charge is 0.480 e. The van der Waals surface area contributed by atoms with Gasteiger partial charge in [0.2, 0.25) is 11.8 Å². The van der Waals surface area contributed by atoms with Crippen LogP contribution >= 0.6 is 0 Å². The predicted octanol–water partition coefficient (Wildman–Crippen LogP) is 0.163. The summed E-state index contributed by atoms with van der Waals surface area (Å²) >= 11 is 0. The molecule has 0 radical (unpaired) electrons. The van der Waals surface area contributed by atoms with E-state index in [4.69, 9.17) is 9.47 Å². The van der Waals surface area contributed by atoms with E-state index >= 15 is 0 Å². The van der Waals surface area contributed by atoms with Gasteiger partial charge in [-0.15, -0.1) is 0 Å². The molecule has 1 aromatic rings. The van der Waals surface area contributed by atoms with Crippen molar-refractivity contribution in [3.05, 3.63) is 11.9 Å². The molecule has 0 amide bonds. The number of aromatic nitrogens is 2. The highest BCUT2D eigenvalue weighted by Crippen LogP contribution is 2.28. The van der Waals surface area contributed by atoms with Crippen molar-refractivity contribution in [1.82, 2.24) is 19.8 Å². The number of nitrogens with zero attached hydrogens (tertiary/aromatic N) is 4. The lowest BCUT2D eigenvalue weighted by molar-refractivity contribution is 0.0518. The van der Waals surface area contributed by atoms with Gasteiger partial charge < -0.3 is 19.5 Å². The van der Waals surface area contributed by atoms with Gasteiger partial charge in [-0.1, -0.05) is 0 Å². The second-order valence-corrected chi connectivity index (χ2v) is 5.42. The SMILES string of the molecule is COc1cnc(C(O)C2CN(C)CCCN2C)c(OC)n1. The van der Waals surface area contributed by atoms with E-state index in [1.54, 1.807) is 0 Å². The highest BCUT2D eigenvalue weighted by atomic mass is 16.5. The Balaban J connectivity index is 2.27. The standard InChI is InChI=1S/C14H24N4O3/c1-17-6-5-7-18(2)10(9-17)13(19)12-14(21-4)16-11(20-3)8-15-12/h8,10,13,19H,5-7,9H2,1-4H3. The summed E-state index contributed by atoms with van der Waals surface area (Å²) in [5.74, 6) is 0.677. The van der Waals surface area contributed by atoms with Crippen LogP contribution in [0.4, 0.5) is 0 Å². The summed E-state index contributed by atoms with van der Waals surface area (Å²) in [6.07, 6.45) is 1.83. The Kier molecular flexibility index (Phi) is 5.33. The molecule has 2 heterocycles. The van der Waals surface area contributed by atoms with Crippen molar-refractivity contribution in [3.8, 4) is 11.8 Å². The van der Waals surface area contributed by atoms with Gasteiger partial charge in [-0.05, 0) is 33.6 Å². The van der Waals surface area contributed by atoms with Crippen molar-refractivity contribution < 1.29 is 14.6 Å². The summed E-state index contributed by atoms with van der Waals surface area (Å²) in [5, 5.41) is 10.7. The molecule has 1 fully saturated rings. The average molecular weight is 296 g/mol. The topological polar surface area (TPSA) is 71.0 Å². The van der Waals surface area contributed by atoms with E-state index in [9.17, 15) is 5.11 Å². The second kappa shape index (κ2) is 7.02. The molecule has 1 aliphatic rings. The molecule has 0 aromatic carbocycles. The average Bonchev–Trinajstić information content (AvgIpc) is 2.67. The highest BCUT2D eigenvalue weighted by molar-refractivity contribution is 5.25. The van der Waals surface area contributed by atoms with Crippen LogP contribution in [0, 0.1) is 0 Å². The summed E-state index contributed by atoms with van der Waals surface area (Å²) in [5.41, 5.74) is 0.449. The fourth-order valence-corrected chi connectivity index (χ4v) is 2.65. The van der Waals surface area contributed by atoms with Gasteiger partial charge in [0, 0.05) is 6.54 Å². The van der Waals surface area contributed by atoms with Crippen LogP contribution in [0.25, 0.3) is 0 Å². The number of ether oxygens (including phenoxy) is 2. The molecule has 0 bridgehead atoms. The fraction of sp³-hybridized carbons (Fsp3) is 0.714. The van der Waals surface area contributed by atoms with Gasteiger partial charge in [0.1, 0.15) is 11.8 Å². The van der Waals surface area contributed by atoms with Crippen molar-refractivity contribution in [2.75, 3.05) is 47.9 Å². The Morgan fingerprint density at radius 2 is 2.05 bits per heavy atom. The number of aliphatic hydroxyl groups excluding tert-OH is 1. The van der Waals surface area contributed by atoms with Crippen LogP contribution in [0.15, 0.2) is 6.20 Å². The first-order chi connectivity index (χ1) is 10.1. The molecule has 2 unspecified atom stereocenters. The van der Waals surface area contributed by atoms with E-state index in [2.05, 4.69) is 26.8 Å². The van der Waals surface area contributed by atoms with Gasteiger partial charge in [-0.25, -0.2) is 4.98 Å². The smallest absolute Gasteiger partial charge is 0.241 e. The lowest BCUT2D eigenvalue weighted by Crippen LogP contribution is -2.42. The fourth-order valence-electron chi connectivity index (χ4n) is 2.65. The normalized spacial score (nSPS) is 22.6. The Hall–Kier alpha value is -1.44. The van der Waals surface area contributed by atoms with Crippen LogP contribution in [-0.2, 0) is 0 Å². The number of likely N-dealkylation sites (N-methyl/N-ethyl adjacent to an activating group) is 2. The summed E-state index contributed by atoms with van der Waals surface area (Å²) in [6.45, 7) is 2.74. The first-order valence-corrected chi connectivity index (χ1v) is 7.08. The maximum Gasteiger partial charge on any atom is 0.241 e. The molecule has 118 valence electrons. The van der Waals surface area contributed by atoms with Gasteiger partial charge in [0.15, 0.2) is 0 Å². The van der Waals surface area contributed by atoms with Crippen LogP contribution in [0.5, 0.6) is 11.8 Å². The number of rotatable bonds is 4. The monoisotopic (exact) mass is 296 g/mol. The number of methoxy groups -OCH3 is 2. The summed E-state index contributed by atoms with van der Waals surface area (Å²) in [7, 11) is 7.13. The molecule has 1 N–H and O–H groups in total. The van der Waals surface area contributed by atoms with E-state index in [0.29, 0.717) is 17.5 Å².